The lowest BCUT2D eigenvalue weighted by atomic mass is 9.97. The zero-order chi connectivity index (χ0) is 29.4. The number of oxime groups is 1. The molecule has 3 rings (SSSR count). The number of rotatable bonds is 10. The van der Waals surface area contributed by atoms with Crippen LogP contribution in [0.5, 0.6) is 5.75 Å². The molecule has 1 heterocycles. The number of amidine groups is 1. The van der Waals surface area contributed by atoms with Gasteiger partial charge in [-0.3, -0.25) is 9.69 Å². The maximum atomic E-state index is 13.9. The van der Waals surface area contributed by atoms with Crippen LogP contribution in [0.3, 0.4) is 0 Å². The van der Waals surface area contributed by atoms with Crippen LogP contribution in [0.4, 0.5) is 10.5 Å². The summed E-state index contributed by atoms with van der Waals surface area (Å²) in [4.78, 5) is 47.2. The summed E-state index contributed by atoms with van der Waals surface area (Å²) in [5.74, 6) is -1.12. The summed E-state index contributed by atoms with van der Waals surface area (Å²) >= 11 is 6.23. The Morgan fingerprint density at radius 1 is 1.25 bits per heavy atom. The third-order valence-electron chi connectivity index (χ3n) is 6.69. The lowest BCUT2D eigenvalue weighted by molar-refractivity contribution is -0.131. The molecule has 3 amide bonds. The van der Waals surface area contributed by atoms with Gasteiger partial charge in [0.1, 0.15) is 12.4 Å². The van der Waals surface area contributed by atoms with Crippen molar-refractivity contribution in [3.63, 3.8) is 0 Å². The molecule has 1 aliphatic rings. The normalized spacial score (nSPS) is 17.4. The Kier molecular flexibility index (Phi) is 10.6. The first kappa shape index (κ1) is 30.6. The maximum absolute atomic E-state index is 13.9. The summed E-state index contributed by atoms with van der Waals surface area (Å²) in [6, 6.07) is 8.66. The van der Waals surface area contributed by atoms with Crippen molar-refractivity contribution in [2.24, 2.45) is 11.1 Å². The van der Waals surface area contributed by atoms with Gasteiger partial charge in [0.2, 0.25) is 5.91 Å². The number of nitrogens with one attached hydrogen (secondary N) is 1. The fourth-order valence-corrected chi connectivity index (χ4v) is 4.83. The summed E-state index contributed by atoms with van der Waals surface area (Å²) in [5, 5.41) is 16.9. The van der Waals surface area contributed by atoms with E-state index in [9.17, 15) is 19.5 Å². The largest absolute Gasteiger partial charge is 0.496 e. The summed E-state index contributed by atoms with van der Waals surface area (Å²) < 4.78 is 5.48. The van der Waals surface area contributed by atoms with Gasteiger partial charge in [0.15, 0.2) is 5.84 Å². The molecule has 1 fully saturated rings. The van der Waals surface area contributed by atoms with E-state index in [2.05, 4.69) is 10.5 Å². The van der Waals surface area contributed by atoms with E-state index in [4.69, 9.17) is 26.9 Å². The first-order valence-corrected chi connectivity index (χ1v) is 13.4. The number of carboxylic acid groups (broad SMARTS) is 1. The fourth-order valence-electron chi connectivity index (χ4n) is 4.64. The Hall–Kier alpha value is -3.99. The standard InChI is InChI=1S/C28H36ClN5O6/c1-5-7-23(17-8-10-21(27(36)37)22(30)14-17)31-28(38)34-16-25(32-40-6-2)33(3)15-19(26(34)35)12-18-13-20(29)9-11-24(18)39-4/h8-11,13-14,19,23H,5-7,12,15-16,30H2,1-4H3,(H,31,38)(H,36,37)/t19-,23+/m0/s1. The van der Waals surface area contributed by atoms with E-state index in [0.29, 0.717) is 35.2 Å². The van der Waals surface area contributed by atoms with Crippen molar-refractivity contribution in [1.29, 1.82) is 0 Å². The average molecular weight is 574 g/mol. The van der Waals surface area contributed by atoms with Gasteiger partial charge in [-0.2, -0.15) is 0 Å². The van der Waals surface area contributed by atoms with Crippen molar-refractivity contribution < 1.29 is 29.1 Å². The lowest BCUT2D eigenvalue weighted by Gasteiger charge is -2.26. The van der Waals surface area contributed by atoms with Crippen LogP contribution in [-0.2, 0) is 16.1 Å². The number of nitrogen functional groups attached to an aromatic ring is 1. The second kappa shape index (κ2) is 13.9. The van der Waals surface area contributed by atoms with Gasteiger partial charge < -0.3 is 30.6 Å². The van der Waals surface area contributed by atoms with E-state index in [0.717, 1.165) is 16.9 Å². The highest BCUT2D eigenvalue weighted by molar-refractivity contribution is 6.30. The van der Waals surface area contributed by atoms with Crippen LogP contribution in [0.1, 0.15) is 54.2 Å². The van der Waals surface area contributed by atoms with Crippen molar-refractivity contribution >= 4 is 41.0 Å². The van der Waals surface area contributed by atoms with Crippen LogP contribution in [0.15, 0.2) is 41.6 Å². The van der Waals surface area contributed by atoms with Crippen LogP contribution < -0.4 is 15.8 Å². The number of carboxylic acids is 1. The number of imide groups is 1. The van der Waals surface area contributed by atoms with Gasteiger partial charge in [-0.15, -0.1) is 0 Å². The number of benzene rings is 2. The Bertz CT molecular complexity index is 1270. The van der Waals surface area contributed by atoms with Crippen molar-refractivity contribution in [3.05, 3.63) is 58.1 Å². The minimum Gasteiger partial charge on any atom is -0.496 e. The van der Waals surface area contributed by atoms with Gasteiger partial charge >= 0.3 is 12.0 Å². The first-order valence-electron chi connectivity index (χ1n) is 13.1. The monoisotopic (exact) mass is 573 g/mol. The van der Waals surface area contributed by atoms with Crippen LogP contribution in [0, 0.1) is 5.92 Å². The molecular formula is C28H36ClN5O6. The highest BCUT2D eigenvalue weighted by Crippen LogP contribution is 2.28. The smallest absolute Gasteiger partial charge is 0.337 e. The molecule has 40 heavy (non-hydrogen) atoms. The predicted molar refractivity (Wildman–Crippen MR) is 153 cm³/mol. The van der Waals surface area contributed by atoms with E-state index < -0.39 is 24.0 Å². The van der Waals surface area contributed by atoms with Crippen molar-refractivity contribution in [3.8, 4) is 5.75 Å². The summed E-state index contributed by atoms with van der Waals surface area (Å²) in [6.07, 6.45) is 1.54. The van der Waals surface area contributed by atoms with E-state index in [1.54, 1.807) is 50.2 Å². The molecule has 216 valence electrons. The first-order chi connectivity index (χ1) is 19.1. The van der Waals surface area contributed by atoms with Crippen LogP contribution in [0.2, 0.25) is 5.02 Å². The molecule has 0 saturated carbocycles. The molecule has 0 aromatic heterocycles. The Balaban J connectivity index is 1.94. The van der Waals surface area contributed by atoms with Gasteiger partial charge in [-0.05, 0) is 61.2 Å². The van der Waals surface area contributed by atoms with Crippen LogP contribution >= 0.6 is 11.6 Å². The number of nitrogens with zero attached hydrogens (tertiary/aromatic N) is 3. The number of halogens is 1. The molecule has 1 saturated heterocycles. The number of hydrogen-bond donors (Lipinski definition) is 3. The minimum atomic E-state index is -1.14. The number of urea groups is 1. The zero-order valence-corrected chi connectivity index (χ0v) is 23.9. The molecule has 0 radical (unpaired) electrons. The number of nitrogens with two attached hydrogens (primary N) is 1. The molecule has 11 nitrogen and oxygen atoms in total. The molecule has 0 spiro atoms. The highest BCUT2D eigenvalue weighted by Gasteiger charge is 2.37. The lowest BCUT2D eigenvalue weighted by Crippen LogP contribution is -2.48. The van der Waals surface area contributed by atoms with Crippen LogP contribution in [0.25, 0.3) is 0 Å². The number of methoxy groups -OCH3 is 1. The van der Waals surface area contributed by atoms with E-state index in [1.165, 1.54) is 12.1 Å². The molecule has 4 N–H and O–H groups in total. The molecule has 0 aliphatic carbocycles. The Morgan fingerprint density at radius 2 is 2.00 bits per heavy atom. The maximum Gasteiger partial charge on any atom is 0.337 e. The van der Waals surface area contributed by atoms with Gasteiger partial charge in [-0.25, -0.2) is 9.59 Å². The molecule has 2 atom stereocenters. The molecule has 1 aliphatic heterocycles. The van der Waals surface area contributed by atoms with Gasteiger partial charge in [0.05, 0.1) is 31.2 Å². The number of anilines is 1. The van der Waals surface area contributed by atoms with Crippen molar-refractivity contribution in [1.82, 2.24) is 15.1 Å². The number of carbonyl (C=O) groups excluding carboxylic acids is 2. The van der Waals surface area contributed by atoms with Gasteiger partial charge in [-0.1, -0.05) is 36.2 Å². The third kappa shape index (κ3) is 7.35. The quantitative estimate of drug-likeness (QED) is 0.283. The Morgan fingerprint density at radius 3 is 2.62 bits per heavy atom. The zero-order valence-electron chi connectivity index (χ0n) is 23.1. The molecule has 0 bridgehead atoms. The molecule has 12 heteroatoms. The summed E-state index contributed by atoms with van der Waals surface area (Å²) in [6.45, 7) is 4.27. The number of carbonyl (C=O) groups is 3. The van der Waals surface area contributed by atoms with E-state index >= 15 is 0 Å². The third-order valence-corrected chi connectivity index (χ3v) is 6.92. The number of hydrogen-bond acceptors (Lipinski definition) is 7. The second-order valence-corrected chi connectivity index (χ2v) is 9.97. The van der Waals surface area contributed by atoms with Gasteiger partial charge in [0.25, 0.3) is 0 Å². The summed E-state index contributed by atoms with van der Waals surface area (Å²) in [7, 11) is 3.34. The van der Waals surface area contributed by atoms with Crippen molar-refractivity contribution in [2.75, 3.05) is 39.6 Å². The molecule has 0 unspecified atom stereocenters. The summed E-state index contributed by atoms with van der Waals surface area (Å²) in [5.41, 5.74) is 7.42. The second-order valence-electron chi connectivity index (χ2n) is 9.53. The van der Waals surface area contributed by atoms with Crippen LogP contribution in [-0.4, -0.2) is 72.5 Å². The Labute approximate surface area is 238 Å². The predicted octanol–water partition coefficient (Wildman–Crippen LogP) is 4.16. The van der Waals surface area contributed by atoms with E-state index in [1.807, 2.05) is 6.92 Å². The average Bonchev–Trinajstić information content (AvgIpc) is 3.02. The molecular weight excluding hydrogens is 538 g/mol. The highest BCUT2D eigenvalue weighted by atomic mass is 35.5. The molecule has 2 aromatic rings. The SMILES string of the molecule is CCC[C@@H](NC(=O)N1CC(=NOCC)N(C)C[C@H](Cc2cc(Cl)ccc2OC)C1=O)c1ccc(C(=O)O)c(N)c1. The molecule has 2 aromatic carbocycles. The minimum absolute atomic E-state index is 0.0212. The van der Waals surface area contributed by atoms with Crippen molar-refractivity contribution in [2.45, 2.75) is 39.2 Å². The number of aromatic carboxylic acids is 1. The number of ether oxygens (including phenoxy) is 1. The number of amides is 3. The number of likely N-dealkylation sites (N-methyl/N-ethyl adjacent to an activating group) is 1. The fraction of sp³-hybridized carbons (Fsp3) is 0.429. The topological polar surface area (TPSA) is 147 Å². The van der Waals surface area contributed by atoms with E-state index in [-0.39, 0.29) is 36.7 Å². The van der Waals surface area contributed by atoms with Gasteiger partial charge in [0, 0.05) is 24.3 Å².